The lowest BCUT2D eigenvalue weighted by molar-refractivity contribution is 0.567. The van der Waals surface area contributed by atoms with Gasteiger partial charge in [-0.15, -0.1) is 0 Å². The Morgan fingerprint density at radius 2 is 1.65 bits per heavy atom. The van der Waals surface area contributed by atoms with Crippen LogP contribution in [-0.4, -0.2) is 14.8 Å². The lowest BCUT2D eigenvalue weighted by Crippen LogP contribution is -2.11. The Balaban J connectivity index is 2.09. The van der Waals surface area contributed by atoms with Crippen LogP contribution in [0.3, 0.4) is 0 Å². The zero-order valence-electron chi connectivity index (χ0n) is 13.3. The van der Waals surface area contributed by atoms with Gasteiger partial charge in [-0.25, -0.2) is 4.99 Å². The van der Waals surface area contributed by atoms with Crippen molar-refractivity contribution in [3.8, 4) is 5.75 Å². The van der Waals surface area contributed by atoms with Crippen molar-refractivity contribution in [1.29, 1.82) is 0 Å². The third-order valence-electron chi connectivity index (χ3n) is 3.30. The molecule has 0 radical (unpaired) electrons. The highest BCUT2D eigenvalue weighted by Gasteiger charge is 2.11. The SMILES string of the molecule is C[SiH](C)Oc1ccccc1N=C(c1ccccc1)c1ccoc1. The minimum atomic E-state index is -1.19. The highest BCUT2D eigenvalue weighted by atomic mass is 28.3. The van der Waals surface area contributed by atoms with E-state index in [1.807, 2.05) is 60.7 Å². The first kappa shape index (κ1) is 15.3. The van der Waals surface area contributed by atoms with E-state index in [1.54, 1.807) is 12.5 Å². The van der Waals surface area contributed by atoms with Crippen molar-refractivity contribution >= 4 is 20.4 Å². The van der Waals surface area contributed by atoms with Gasteiger partial charge in [0.2, 0.25) is 9.04 Å². The van der Waals surface area contributed by atoms with Crippen molar-refractivity contribution in [2.75, 3.05) is 0 Å². The third-order valence-corrected chi connectivity index (χ3v) is 4.03. The van der Waals surface area contributed by atoms with Crippen LogP contribution in [0.15, 0.2) is 82.6 Å². The second-order valence-electron chi connectivity index (χ2n) is 5.47. The molecule has 3 rings (SSSR count). The lowest BCUT2D eigenvalue weighted by atomic mass is 10.0. The van der Waals surface area contributed by atoms with Gasteiger partial charge in [-0.3, -0.25) is 0 Å². The van der Waals surface area contributed by atoms with Crippen LogP contribution in [0.25, 0.3) is 0 Å². The molecular weight excluding hydrogens is 302 g/mol. The molecule has 0 saturated heterocycles. The van der Waals surface area contributed by atoms with Crippen molar-refractivity contribution in [2.24, 2.45) is 4.99 Å². The van der Waals surface area contributed by atoms with Crippen molar-refractivity contribution in [2.45, 2.75) is 13.1 Å². The average Bonchev–Trinajstić information content (AvgIpc) is 3.08. The molecule has 116 valence electrons. The molecular formula is C19H19NO2Si. The van der Waals surface area contributed by atoms with Gasteiger partial charge in [-0.1, -0.05) is 42.5 Å². The standard InChI is InChI=1S/C19H19NO2Si/c1-23(2)22-18-11-7-6-10-17(18)20-19(16-12-13-21-14-16)15-8-4-3-5-9-15/h3-14,23H,1-2H3. The van der Waals surface area contributed by atoms with Gasteiger partial charge < -0.3 is 8.84 Å². The summed E-state index contributed by atoms with van der Waals surface area (Å²) < 4.78 is 11.3. The van der Waals surface area contributed by atoms with Crippen LogP contribution in [0.5, 0.6) is 5.75 Å². The second kappa shape index (κ2) is 7.11. The quantitative estimate of drug-likeness (QED) is 0.499. The van der Waals surface area contributed by atoms with Crippen LogP contribution in [0.4, 0.5) is 5.69 Å². The number of aliphatic imine (C=N–C) groups is 1. The van der Waals surface area contributed by atoms with E-state index >= 15 is 0 Å². The van der Waals surface area contributed by atoms with Crippen LogP contribution in [0.2, 0.25) is 13.1 Å². The maximum atomic E-state index is 6.01. The van der Waals surface area contributed by atoms with Gasteiger partial charge >= 0.3 is 0 Å². The first-order valence-corrected chi connectivity index (χ1v) is 10.4. The van der Waals surface area contributed by atoms with Crippen LogP contribution < -0.4 is 4.43 Å². The summed E-state index contributed by atoms with van der Waals surface area (Å²) in [6.07, 6.45) is 3.38. The van der Waals surface area contributed by atoms with Gasteiger partial charge in [-0.05, 0) is 31.3 Å². The van der Waals surface area contributed by atoms with Gasteiger partial charge in [0.05, 0.1) is 18.2 Å². The predicted molar refractivity (Wildman–Crippen MR) is 96.4 cm³/mol. The van der Waals surface area contributed by atoms with E-state index in [9.17, 15) is 0 Å². The monoisotopic (exact) mass is 321 g/mol. The number of hydrogen-bond acceptors (Lipinski definition) is 3. The molecule has 1 heterocycles. The van der Waals surface area contributed by atoms with E-state index < -0.39 is 9.04 Å². The molecule has 3 aromatic rings. The Bertz CT molecular complexity index is 780. The van der Waals surface area contributed by atoms with Crippen molar-refractivity contribution in [3.05, 3.63) is 84.3 Å². The fourth-order valence-electron chi connectivity index (χ4n) is 2.31. The molecule has 3 nitrogen and oxygen atoms in total. The minimum Gasteiger partial charge on any atom is -0.546 e. The van der Waals surface area contributed by atoms with Crippen LogP contribution >= 0.6 is 0 Å². The van der Waals surface area contributed by atoms with Gasteiger partial charge in [0.15, 0.2) is 0 Å². The zero-order chi connectivity index (χ0) is 16.1. The molecule has 23 heavy (non-hydrogen) atoms. The predicted octanol–water partition coefficient (Wildman–Crippen LogP) is 4.81. The van der Waals surface area contributed by atoms with Gasteiger partial charge in [0.25, 0.3) is 0 Å². The van der Waals surface area contributed by atoms with Gasteiger partial charge in [-0.2, -0.15) is 0 Å². The van der Waals surface area contributed by atoms with Crippen LogP contribution in [-0.2, 0) is 0 Å². The number of benzene rings is 2. The number of furan rings is 1. The van der Waals surface area contributed by atoms with Crippen molar-refractivity contribution < 1.29 is 8.84 Å². The summed E-state index contributed by atoms with van der Waals surface area (Å²) in [5, 5.41) is 0. The zero-order valence-corrected chi connectivity index (χ0v) is 14.4. The van der Waals surface area contributed by atoms with Gasteiger partial charge in [0, 0.05) is 11.1 Å². The maximum Gasteiger partial charge on any atom is 0.229 e. The molecule has 0 amide bonds. The van der Waals surface area contributed by atoms with Crippen molar-refractivity contribution in [3.63, 3.8) is 0 Å². The molecule has 0 aliphatic rings. The van der Waals surface area contributed by atoms with E-state index in [0.717, 1.165) is 28.3 Å². The molecule has 0 unspecified atom stereocenters. The number of hydrogen-bond donors (Lipinski definition) is 0. The van der Waals surface area contributed by atoms with Crippen LogP contribution in [0.1, 0.15) is 11.1 Å². The van der Waals surface area contributed by atoms with E-state index in [0.29, 0.717) is 0 Å². The summed E-state index contributed by atoms with van der Waals surface area (Å²) in [7, 11) is -1.19. The molecule has 0 spiro atoms. The summed E-state index contributed by atoms with van der Waals surface area (Å²) in [5.74, 6) is 0.839. The maximum absolute atomic E-state index is 6.01. The number of para-hydroxylation sites is 2. The summed E-state index contributed by atoms with van der Waals surface area (Å²) in [6.45, 7) is 4.29. The Kier molecular flexibility index (Phi) is 4.73. The largest absolute Gasteiger partial charge is 0.546 e. The fraction of sp³-hybridized carbons (Fsp3) is 0.105. The topological polar surface area (TPSA) is 34.7 Å². The second-order valence-corrected chi connectivity index (χ2v) is 7.81. The third kappa shape index (κ3) is 3.79. The molecule has 0 saturated carbocycles. The average molecular weight is 321 g/mol. The molecule has 0 aliphatic carbocycles. The van der Waals surface area contributed by atoms with Crippen LogP contribution in [0, 0.1) is 0 Å². The van der Waals surface area contributed by atoms with Gasteiger partial charge in [0.1, 0.15) is 11.4 Å². The number of rotatable bonds is 5. The molecule has 4 heteroatoms. The fourth-order valence-corrected chi connectivity index (χ4v) is 3.02. The summed E-state index contributed by atoms with van der Waals surface area (Å²) >= 11 is 0. The normalized spacial score (nSPS) is 11.7. The molecule has 0 fully saturated rings. The molecule has 1 aromatic heterocycles. The Morgan fingerprint density at radius 3 is 2.35 bits per heavy atom. The Hall–Kier alpha value is -2.59. The minimum absolute atomic E-state index is 0.839. The first-order valence-electron chi connectivity index (χ1n) is 7.66. The molecule has 0 atom stereocenters. The molecule has 2 aromatic carbocycles. The van der Waals surface area contributed by atoms with E-state index in [1.165, 1.54) is 0 Å². The lowest BCUT2D eigenvalue weighted by Gasteiger charge is -2.13. The smallest absolute Gasteiger partial charge is 0.229 e. The van der Waals surface area contributed by atoms with E-state index in [4.69, 9.17) is 13.8 Å². The summed E-state index contributed by atoms with van der Waals surface area (Å²) in [4.78, 5) is 4.88. The number of nitrogens with zero attached hydrogens (tertiary/aromatic N) is 1. The first-order chi connectivity index (χ1) is 11.2. The Labute approximate surface area is 138 Å². The Morgan fingerprint density at radius 1 is 0.913 bits per heavy atom. The summed E-state index contributed by atoms with van der Waals surface area (Å²) in [6, 6.07) is 19.9. The van der Waals surface area contributed by atoms with E-state index in [2.05, 4.69) is 13.1 Å². The molecule has 0 aliphatic heterocycles. The highest BCUT2D eigenvalue weighted by Crippen LogP contribution is 2.29. The molecule has 0 bridgehead atoms. The molecule has 0 N–H and O–H groups in total. The van der Waals surface area contributed by atoms with E-state index in [-0.39, 0.29) is 0 Å². The summed E-state index contributed by atoms with van der Waals surface area (Å²) in [5.41, 5.74) is 3.72. The van der Waals surface area contributed by atoms with Crippen molar-refractivity contribution in [1.82, 2.24) is 0 Å². The highest BCUT2D eigenvalue weighted by molar-refractivity contribution is 6.49.